The van der Waals surface area contributed by atoms with Gasteiger partial charge in [0, 0.05) is 17.3 Å². The number of hydrogen-bond acceptors (Lipinski definition) is 4. The third-order valence-electron chi connectivity index (χ3n) is 3.66. The van der Waals surface area contributed by atoms with Gasteiger partial charge in [0.1, 0.15) is 11.5 Å². The number of anilines is 1. The van der Waals surface area contributed by atoms with Gasteiger partial charge in [-0.15, -0.1) is 0 Å². The molecule has 1 heterocycles. The molecule has 122 valence electrons. The minimum Gasteiger partial charge on any atom is -0.496 e. The maximum Gasteiger partial charge on any atom is 0.412 e. The minimum atomic E-state index is -1.07. The van der Waals surface area contributed by atoms with Gasteiger partial charge >= 0.3 is 6.09 Å². The number of hydrogen-bond donors (Lipinski definition) is 1. The highest BCUT2D eigenvalue weighted by atomic mass is 16.5. The van der Waals surface area contributed by atoms with Crippen molar-refractivity contribution in [2.75, 3.05) is 19.1 Å². The van der Waals surface area contributed by atoms with Crippen molar-refractivity contribution in [1.82, 2.24) is 4.98 Å². The van der Waals surface area contributed by atoms with E-state index in [1.807, 2.05) is 13.8 Å². The number of rotatable bonds is 5. The highest BCUT2D eigenvalue weighted by Crippen LogP contribution is 2.31. The van der Waals surface area contributed by atoms with Crippen molar-refractivity contribution in [3.8, 4) is 11.5 Å². The van der Waals surface area contributed by atoms with Crippen molar-refractivity contribution < 1.29 is 19.4 Å². The largest absolute Gasteiger partial charge is 0.496 e. The molecule has 0 aliphatic carbocycles. The molecule has 1 N–H and O–H groups in total. The monoisotopic (exact) mass is 316 g/mol. The van der Waals surface area contributed by atoms with Gasteiger partial charge in [0.15, 0.2) is 0 Å². The number of para-hydroxylation sites is 2. The van der Waals surface area contributed by atoms with Gasteiger partial charge < -0.3 is 14.6 Å². The fraction of sp³-hybridized carbons (Fsp3) is 0.294. The first-order valence-electron chi connectivity index (χ1n) is 7.12. The summed E-state index contributed by atoms with van der Waals surface area (Å²) in [7, 11) is 3.10. The topological polar surface area (TPSA) is 71.9 Å². The molecule has 23 heavy (non-hydrogen) atoms. The molecule has 1 aromatic heterocycles. The first-order valence-corrected chi connectivity index (χ1v) is 7.12. The van der Waals surface area contributed by atoms with E-state index in [1.54, 1.807) is 37.6 Å². The standard InChI is InChI=1S/C17H20N2O4/c1-11-9-18-13(12(2)16(11)23-4)10-19(17(20)21)14-7-5-6-8-15(14)22-3/h5-9H,10H2,1-4H3,(H,20,21). The Hall–Kier alpha value is -2.76. The molecule has 1 amide bonds. The Kier molecular flexibility index (Phi) is 5.05. The lowest BCUT2D eigenvalue weighted by atomic mass is 10.1. The zero-order valence-electron chi connectivity index (χ0n) is 13.7. The Balaban J connectivity index is 2.44. The Labute approximate surface area is 135 Å². The van der Waals surface area contributed by atoms with Gasteiger partial charge in [-0.3, -0.25) is 9.88 Å². The van der Waals surface area contributed by atoms with Gasteiger partial charge in [0.25, 0.3) is 0 Å². The summed E-state index contributed by atoms with van der Waals surface area (Å²) in [5.74, 6) is 1.21. The van der Waals surface area contributed by atoms with Crippen molar-refractivity contribution in [3.63, 3.8) is 0 Å². The van der Waals surface area contributed by atoms with Crippen LogP contribution < -0.4 is 14.4 Å². The summed E-state index contributed by atoms with van der Waals surface area (Å²) in [6, 6.07) is 6.99. The smallest absolute Gasteiger partial charge is 0.412 e. The highest BCUT2D eigenvalue weighted by molar-refractivity contribution is 5.88. The summed E-state index contributed by atoms with van der Waals surface area (Å²) in [6.07, 6.45) is 0.610. The molecule has 0 atom stereocenters. The molecule has 0 spiro atoms. The minimum absolute atomic E-state index is 0.109. The number of carboxylic acid groups (broad SMARTS) is 1. The number of benzene rings is 1. The molecular weight excluding hydrogens is 296 g/mol. The fourth-order valence-electron chi connectivity index (χ4n) is 2.49. The maximum absolute atomic E-state index is 11.7. The van der Waals surface area contributed by atoms with Crippen LogP contribution >= 0.6 is 0 Å². The Morgan fingerprint density at radius 2 is 1.91 bits per heavy atom. The Morgan fingerprint density at radius 3 is 2.52 bits per heavy atom. The molecule has 2 rings (SSSR count). The number of aromatic nitrogens is 1. The van der Waals surface area contributed by atoms with E-state index in [4.69, 9.17) is 9.47 Å². The summed E-state index contributed by atoms with van der Waals surface area (Å²) < 4.78 is 10.6. The van der Waals surface area contributed by atoms with Crippen molar-refractivity contribution in [3.05, 3.63) is 47.3 Å². The molecular formula is C17H20N2O4. The SMILES string of the molecule is COc1ccccc1N(Cc1ncc(C)c(OC)c1C)C(=O)O. The Bertz CT molecular complexity index is 716. The predicted molar refractivity (Wildman–Crippen MR) is 87.5 cm³/mol. The first-order chi connectivity index (χ1) is 11.0. The molecule has 2 aromatic rings. The summed E-state index contributed by atoms with van der Waals surface area (Å²) >= 11 is 0. The second kappa shape index (κ2) is 7.00. The number of amides is 1. The van der Waals surface area contributed by atoms with Crippen molar-refractivity contribution in [2.24, 2.45) is 0 Å². The molecule has 6 nitrogen and oxygen atoms in total. The molecule has 0 aliphatic rings. The van der Waals surface area contributed by atoms with E-state index >= 15 is 0 Å². The number of carbonyl (C=O) groups is 1. The third kappa shape index (κ3) is 3.36. The van der Waals surface area contributed by atoms with E-state index in [2.05, 4.69) is 4.98 Å². The van der Waals surface area contributed by atoms with Crippen LogP contribution in [0.3, 0.4) is 0 Å². The lowest BCUT2D eigenvalue weighted by Crippen LogP contribution is -2.29. The van der Waals surface area contributed by atoms with E-state index in [-0.39, 0.29) is 6.54 Å². The van der Waals surface area contributed by atoms with Gasteiger partial charge in [0.05, 0.1) is 32.1 Å². The third-order valence-corrected chi connectivity index (χ3v) is 3.66. The average molecular weight is 316 g/mol. The van der Waals surface area contributed by atoms with Crippen molar-refractivity contribution in [1.29, 1.82) is 0 Å². The molecule has 0 saturated carbocycles. The van der Waals surface area contributed by atoms with Crippen LogP contribution in [-0.4, -0.2) is 30.4 Å². The van der Waals surface area contributed by atoms with Crippen LogP contribution in [0.5, 0.6) is 11.5 Å². The van der Waals surface area contributed by atoms with Gasteiger partial charge in [-0.1, -0.05) is 12.1 Å². The zero-order valence-corrected chi connectivity index (χ0v) is 13.7. The number of ether oxygens (including phenoxy) is 2. The van der Waals surface area contributed by atoms with Crippen molar-refractivity contribution >= 4 is 11.8 Å². The number of nitrogens with zero attached hydrogens (tertiary/aromatic N) is 2. The predicted octanol–water partition coefficient (Wildman–Crippen LogP) is 3.40. The van der Waals surface area contributed by atoms with E-state index < -0.39 is 6.09 Å². The Morgan fingerprint density at radius 1 is 1.22 bits per heavy atom. The van der Waals surface area contributed by atoms with E-state index in [0.717, 1.165) is 16.9 Å². The van der Waals surface area contributed by atoms with Gasteiger partial charge in [-0.05, 0) is 26.0 Å². The van der Waals surface area contributed by atoms with Crippen LogP contribution in [0.25, 0.3) is 0 Å². The second-order valence-corrected chi connectivity index (χ2v) is 5.09. The molecule has 1 aromatic carbocycles. The van der Waals surface area contributed by atoms with Gasteiger partial charge in [-0.25, -0.2) is 4.79 Å². The van der Waals surface area contributed by atoms with Crippen LogP contribution in [0.2, 0.25) is 0 Å². The number of aryl methyl sites for hydroxylation is 1. The zero-order chi connectivity index (χ0) is 17.0. The van der Waals surface area contributed by atoms with Crippen LogP contribution in [0, 0.1) is 13.8 Å². The quantitative estimate of drug-likeness (QED) is 0.915. The van der Waals surface area contributed by atoms with E-state index in [9.17, 15) is 9.90 Å². The van der Waals surface area contributed by atoms with E-state index in [0.29, 0.717) is 17.1 Å². The molecule has 0 bridgehead atoms. The second-order valence-electron chi connectivity index (χ2n) is 5.09. The molecule has 6 heteroatoms. The van der Waals surface area contributed by atoms with Gasteiger partial charge in [0.2, 0.25) is 0 Å². The maximum atomic E-state index is 11.7. The lowest BCUT2D eigenvalue weighted by molar-refractivity contribution is 0.201. The normalized spacial score (nSPS) is 10.3. The molecule has 0 fully saturated rings. The van der Waals surface area contributed by atoms with Crippen LogP contribution in [0.1, 0.15) is 16.8 Å². The highest BCUT2D eigenvalue weighted by Gasteiger charge is 2.21. The van der Waals surface area contributed by atoms with Crippen LogP contribution in [0.15, 0.2) is 30.5 Å². The summed E-state index contributed by atoms with van der Waals surface area (Å²) in [4.78, 5) is 17.3. The fourth-order valence-corrected chi connectivity index (χ4v) is 2.49. The number of methoxy groups -OCH3 is 2. The summed E-state index contributed by atoms with van der Waals surface area (Å²) in [5, 5.41) is 9.59. The summed E-state index contributed by atoms with van der Waals surface area (Å²) in [6.45, 7) is 3.88. The first kappa shape index (κ1) is 16.6. The number of pyridine rings is 1. The molecule has 0 radical (unpaired) electrons. The van der Waals surface area contributed by atoms with Crippen LogP contribution in [0.4, 0.5) is 10.5 Å². The average Bonchev–Trinajstić information content (AvgIpc) is 2.54. The van der Waals surface area contributed by atoms with E-state index in [1.165, 1.54) is 12.0 Å². The van der Waals surface area contributed by atoms with Crippen LogP contribution in [-0.2, 0) is 6.54 Å². The molecule has 0 unspecified atom stereocenters. The molecule has 0 saturated heterocycles. The van der Waals surface area contributed by atoms with Gasteiger partial charge in [-0.2, -0.15) is 0 Å². The molecule has 0 aliphatic heterocycles. The lowest BCUT2D eigenvalue weighted by Gasteiger charge is -2.22. The van der Waals surface area contributed by atoms with Crippen molar-refractivity contribution in [2.45, 2.75) is 20.4 Å². The summed E-state index contributed by atoms with van der Waals surface area (Å²) in [5.41, 5.74) is 2.85.